The van der Waals surface area contributed by atoms with Gasteiger partial charge in [-0.1, -0.05) is 51.5 Å². The summed E-state index contributed by atoms with van der Waals surface area (Å²) in [5.74, 6) is 2.11. The average molecular weight is 315 g/mol. The van der Waals surface area contributed by atoms with Crippen LogP contribution in [0.15, 0.2) is 35.5 Å². The van der Waals surface area contributed by atoms with Crippen LogP contribution in [0.1, 0.15) is 72.1 Å². The zero-order valence-electron chi connectivity index (χ0n) is 15.3. The summed E-state index contributed by atoms with van der Waals surface area (Å²) in [6.45, 7) is 11.4. The van der Waals surface area contributed by atoms with E-state index in [0.29, 0.717) is 11.3 Å². The van der Waals surface area contributed by atoms with Crippen molar-refractivity contribution in [2.75, 3.05) is 0 Å². The Hall–Kier alpha value is -0.820. The molecule has 1 N–H and O–H groups in total. The van der Waals surface area contributed by atoms with E-state index >= 15 is 0 Å². The Bertz CT molecular complexity index is 526. The number of rotatable bonds is 2. The summed E-state index contributed by atoms with van der Waals surface area (Å²) < 4.78 is 0. The minimum atomic E-state index is -0.187. The zero-order chi connectivity index (χ0) is 16.6. The molecule has 3 aliphatic rings. The molecule has 0 radical (unpaired) electrons. The monoisotopic (exact) mass is 314 g/mol. The van der Waals surface area contributed by atoms with Crippen LogP contribution < -0.4 is 0 Å². The first kappa shape index (κ1) is 17.0. The van der Waals surface area contributed by atoms with Gasteiger partial charge >= 0.3 is 0 Å². The van der Waals surface area contributed by atoms with E-state index in [1.54, 1.807) is 5.57 Å². The van der Waals surface area contributed by atoms with Crippen molar-refractivity contribution in [3.63, 3.8) is 0 Å². The van der Waals surface area contributed by atoms with E-state index in [2.05, 4.69) is 39.5 Å². The van der Waals surface area contributed by atoms with Gasteiger partial charge in [0.2, 0.25) is 0 Å². The number of fused-ring (bicyclic) bond motifs is 1. The number of hydrogen-bond acceptors (Lipinski definition) is 1. The first-order valence-electron chi connectivity index (χ1n) is 9.72. The van der Waals surface area contributed by atoms with E-state index in [4.69, 9.17) is 0 Å². The lowest BCUT2D eigenvalue weighted by Crippen LogP contribution is -2.32. The first-order chi connectivity index (χ1) is 11.0. The van der Waals surface area contributed by atoms with Gasteiger partial charge in [0.25, 0.3) is 0 Å². The summed E-state index contributed by atoms with van der Waals surface area (Å²) in [7, 11) is 0. The Morgan fingerprint density at radius 2 is 2.09 bits per heavy atom. The zero-order valence-corrected chi connectivity index (χ0v) is 15.3. The van der Waals surface area contributed by atoms with Crippen LogP contribution in [0.25, 0.3) is 0 Å². The van der Waals surface area contributed by atoms with Crippen molar-refractivity contribution in [3.05, 3.63) is 35.5 Å². The van der Waals surface area contributed by atoms with E-state index in [9.17, 15) is 5.11 Å². The molecule has 23 heavy (non-hydrogen) atoms. The summed E-state index contributed by atoms with van der Waals surface area (Å²) in [6.07, 6.45) is 14.3. The predicted octanol–water partition coefficient (Wildman–Crippen LogP) is 5.81. The maximum absolute atomic E-state index is 10.1. The molecule has 128 valence electrons. The summed E-state index contributed by atoms with van der Waals surface area (Å²) in [6, 6.07) is 0. The fraction of sp³-hybridized carbons (Fsp3) is 0.727. The fourth-order valence-corrected chi connectivity index (χ4v) is 5.73. The average Bonchev–Trinajstić information content (AvgIpc) is 2.86. The van der Waals surface area contributed by atoms with Crippen LogP contribution in [-0.4, -0.2) is 11.2 Å². The molecule has 0 aromatic heterocycles. The van der Waals surface area contributed by atoms with Crippen LogP contribution in [0, 0.1) is 23.2 Å². The second-order valence-electron chi connectivity index (χ2n) is 8.55. The molecule has 0 bridgehead atoms. The molecular weight excluding hydrogens is 280 g/mol. The van der Waals surface area contributed by atoms with Crippen molar-refractivity contribution in [2.45, 2.75) is 78.2 Å². The minimum absolute atomic E-state index is 0.187. The van der Waals surface area contributed by atoms with Crippen LogP contribution in [0.2, 0.25) is 0 Å². The second-order valence-corrected chi connectivity index (χ2v) is 8.55. The first-order valence-corrected chi connectivity index (χ1v) is 9.72. The van der Waals surface area contributed by atoms with Crippen LogP contribution in [0.5, 0.6) is 0 Å². The molecule has 0 aliphatic heterocycles. The third-order valence-electron chi connectivity index (χ3n) is 7.24. The number of aliphatic hydroxyl groups excluding tert-OH is 1. The lowest BCUT2D eigenvalue weighted by Gasteiger charge is -2.42. The molecular formula is C22H34O. The lowest BCUT2D eigenvalue weighted by atomic mass is 9.63. The Balaban J connectivity index is 1.82. The van der Waals surface area contributed by atoms with Crippen LogP contribution in [0.3, 0.4) is 0 Å². The molecule has 3 aliphatic carbocycles. The van der Waals surface area contributed by atoms with Crippen LogP contribution in [-0.2, 0) is 0 Å². The van der Waals surface area contributed by atoms with Gasteiger partial charge in [-0.25, -0.2) is 0 Å². The normalized spacial score (nSPS) is 44.8. The van der Waals surface area contributed by atoms with Crippen LogP contribution in [0.4, 0.5) is 0 Å². The molecule has 0 heterocycles. The Kier molecular flexibility index (Phi) is 4.88. The molecule has 0 spiro atoms. The van der Waals surface area contributed by atoms with Gasteiger partial charge in [0.1, 0.15) is 0 Å². The van der Waals surface area contributed by atoms with E-state index in [-0.39, 0.29) is 6.10 Å². The van der Waals surface area contributed by atoms with E-state index < -0.39 is 0 Å². The molecule has 1 nitrogen and oxygen atoms in total. The number of hydrogen-bond donors (Lipinski definition) is 1. The van der Waals surface area contributed by atoms with E-state index in [1.165, 1.54) is 49.7 Å². The third kappa shape index (κ3) is 3.09. The molecule has 0 saturated heterocycles. The van der Waals surface area contributed by atoms with Gasteiger partial charge in [0.15, 0.2) is 0 Å². The molecule has 0 aromatic rings. The highest BCUT2D eigenvalue weighted by Gasteiger charge is 2.48. The van der Waals surface area contributed by atoms with Crippen molar-refractivity contribution in [1.29, 1.82) is 0 Å². The molecule has 1 unspecified atom stereocenters. The third-order valence-corrected chi connectivity index (χ3v) is 7.24. The molecule has 5 atom stereocenters. The second kappa shape index (κ2) is 6.59. The Morgan fingerprint density at radius 1 is 1.30 bits per heavy atom. The standard InChI is InChI=1S/C22H34O/c1-5-19-10-11-21-17(7-6-12-22(19,21)4)8-9-18-14-20(23)13-15(2)16(18)3/h8-9,15,19-21,23H,3,5-7,10-14H2,1-2,4H3/b17-8+,18-9-/t15-,19-,20-,21?,22+/m0/s1. The summed E-state index contributed by atoms with van der Waals surface area (Å²) in [5, 5.41) is 10.1. The van der Waals surface area contributed by atoms with Gasteiger partial charge in [0, 0.05) is 0 Å². The van der Waals surface area contributed by atoms with Crippen molar-refractivity contribution in [2.24, 2.45) is 23.2 Å². The van der Waals surface area contributed by atoms with E-state index in [0.717, 1.165) is 24.7 Å². The SMILES string of the molecule is C=C1/C(=C\C=C2/CCC[C@@]3(C)C2CC[C@@H]3CC)C[C@@H](O)C[C@@H]1C. The highest BCUT2D eigenvalue weighted by molar-refractivity contribution is 5.37. The van der Waals surface area contributed by atoms with E-state index in [1.807, 2.05) is 0 Å². The highest BCUT2D eigenvalue weighted by atomic mass is 16.3. The maximum Gasteiger partial charge on any atom is 0.0586 e. The van der Waals surface area contributed by atoms with Gasteiger partial charge < -0.3 is 5.11 Å². The quantitative estimate of drug-likeness (QED) is 0.681. The summed E-state index contributed by atoms with van der Waals surface area (Å²) in [4.78, 5) is 0. The highest BCUT2D eigenvalue weighted by Crippen LogP contribution is 2.58. The van der Waals surface area contributed by atoms with Crippen molar-refractivity contribution in [3.8, 4) is 0 Å². The Morgan fingerprint density at radius 3 is 2.83 bits per heavy atom. The van der Waals surface area contributed by atoms with Gasteiger partial charge in [-0.15, -0.1) is 0 Å². The maximum atomic E-state index is 10.1. The number of aliphatic hydroxyl groups is 1. The molecule has 3 saturated carbocycles. The number of allylic oxidation sites excluding steroid dienone is 4. The predicted molar refractivity (Wildman–Crippen MR) is 98.2 cm³/mol. The lowest BCUT2D eigenvalue weighted by molar-refractivity contribution is 0.132. The smallest absolute Gasteiger partial charge is 0.0586 e. The topological polar surface area (TPSA) is 20.2 Å². The summed E-state index contributed by atoms with van der Waals surface area (Å²) >= 11 is 0. The summed E-state index contributed by atoms with van der Waals surface area (Å²) in [5.41, 5.74) is 4.72. The Labute approximate surface area is 142 Å². The fourth-order valence-electron chi connectivity index (χ4n) is 5.73. The van der Waals surface area contributed by atoms with Crippen molar-refractivity contribution < 1.29 is 5.11 Å². The molecule has 0 aromatic carbocycles. The van der Waals surface area contributed by atoms with Gasteiger partial charge in [-0.2, -0.15) is 0 Å². The molecule has 3 fully saturated rings. The largest absolute Gasteiger partial charge is 0.393 e. The molecule has 3 rings (SSSR count). The van der Waals surface area contributed by atoms with Gasteiger partial charge in [-0.3, -0.25) is 0 Å². The van der Waals surface area contributed by atoms with Crippen molar-refractivity contribution in [1.82, 2.24) is 0 Å². The van der Waals surface area contributed by atoms with Gasteiger partial charge in [-0.05, 0) is 79.3 Å². The molecule has 0 amide bonds. The molecule has 1 heteroatoms. The minimum Gasteiger partial charge on any atom is -0.393 e. The van der Waals surface area contributed by atoms with Crippen molar-refractivity contribution >= 4 is 0 Å². The van der Waals surface area contributed by atoms with Crippen LogP contribution >= 0.6 is 0 Å². The van der Waals surface area contributed by atoms with Gasteiger partial charge in [0.05, 0.1) is 6.10 Å².